The molecule has 192 valence electrons. The highest BCUT2D eigenvalue weighted by atomic mass is 32.2. The number of allylic oxidation sites excluding steroid dienone is 3. The van der Waals surface area contributed by atoms with Gasteiger partial charge in [0.25, 0.3) is 0 Å². The predicted octanol–water partition coefficient (Wildman–Crippen LogP) is 5.80. The SMILES string of the molecule is C=C(/C(=C/N)C(C)=NC)/C(=C(\N=C(/C)N(C)c1c(F)cc(SC)cc1F)Nc1cc(C)[nH]n1)C1CC1. The Balaban J connectivity index is 2.15. The van der Waals surface area contributed by atoms with Crippen molar-refractivity contribution in [1.29, 1.82) is 0 Å². The lowest BCUT2D eigenvalue weighted by Crippen LogP contribution is -2.26. The first-order valence-electron chi connectivity index (χ1n) is 11.5. The van der Waals surface area contributed by atoms with E-state index in [9.17, 15) is 8.78 Å². The second kappa shape index (κ2) is 11.6. The highest BCUT2D eigenvalue weighted by Gasteiger charge is 2.32. The largest absolute Gasteiger partial charge is 0.404 e. The number of aliphatic imine (C=N–C) groups is 2. The van der Waals surface area contributed by atoms with Gasteiger partial charge in [0.2, 0.25) is 0 Å². The normalized spacial score (nSPS) is 15.6. The van der Waals surface area contributed by atoms with Gasteiger partial charge in [-0.25, -0.2) is 13.8 Å². The van der Waals surface area contributed by atoms with Crippen LogP contribution in [-0.2, 0) is 0 Å². The van der Waals surface area contributed by atoms with Crippen molar-refractivity contribution in [3.63, 3.8) is 0 Å². The van der Waals surface area contributed by atoms with Gasteiger partial charge in [0.1, 0.15) is 17.3 Å². The molecule has 1 aliphatic rings. The van der Waals surface area contributed by atoms with Crippen LogP contribution in [0.3, 0.4) is 0 Å². The van der Waals surface area contributed by atoms with E-state index in [1.807, 2.05) is 19.9 Å². The molecule has 36 heavy (non-hydrogen) atoms. The minimum atomic E-state index is -0.659. The molecule has 1 fully saturated rings. The van der Waals surface area contributed by atoms with Crippen LogP contribution >= 0.6 is 11.8 Å². The van der Waals surface area contributed by atoms with Gasteiger partial charge >= 0.3 is 0 Å². The van der Waals surface area contributed by atoms with Crippen molar-refractivity contribution < 1.29 is 8.78 Å². The minimum Gasteiger partial charge on any atom is -0.404 e. The lowest BCUT2D eigenvalue weighted by Gasteiger charge is -2.23. The molecular formula is C26H33F2N7S. The molecule has 0 unspecified atom stereocenters. The Labute approximate surface area is 215 Å². The number of hydrogen-bond donors (Lipinski definition) is 3. The summed E-state index contributed by atoms with van der Waals surface area (Å²) in [5.41, 5.74) is 9.66. The van der Waals surface area contributed by atoms with E-state index in [0.717, 1.165) is 29.8 Å². The summed E-state index contributed by atoms with van der Waals surface area (Å²) in [6, 6.07) is 4.48. The van der Waals surface area contributed by atoms with E-state index in [1.54, 1.807) is 27.3 Å². The summed E-state index contributed by atoms with van der Waals surface area (Å²) >= 11 is 1.27. The van der Waals surface area contributed by atoms with Crippen LogP contribution in [0, 0.1) is 24.5 Å². The fourth-order valence-corrected chi connectivity index (χ4v) is 4.24. The first-order chi connectivity index (χ1) is 17.1. The molecule has 0 aliphatic heterocycles. The summed E-state index contributed by atoms with van der Waals surface area (Å²) in [5.74, 6) is 0.317. The molecule has 10 heteroatoms. The molecule has 0 spiro atoms. The number of amidine groups is 1. The first kappa shape index (κ1) is 27.2. The highest BCUT2D eigenvalue weighted by molar-refractivity contribution is 7.98. The zero-order valence-corrected chi connectivity index (χ0v) is 22.4. The topological polar surface area (TPSA) is 94.7 Å². The lowest BCUT2D eigenvalue weighted by molar-refractivity contribution is 0.579. The van der Waals surface area contributed by atoms with Crippen molar-refractivity contribution in [2.75, 3.05) is 30.6 Å². The highest BCUT2D eigenvalue weighted by Crippen LogP contribution is 2.43. The molecule has 3 rings (SSSR count). The summed E-state index contributed by atoms with van der Waals surface area (Å²) in [6.07, 6.45) is 5.18. The number of aryl methyl sites for hydroxylation is 1. The second-order valence-electron chi connectivity index (χ2n) is 8.62. The molecule has 1 saturated carbocycles. The Hall–Kier alpha value is -3.40. The Morgan fingerprint density at radius 2 is 1.92 bits per heavy atom. The van der Waals surface area contributed by atoms with E-state index in [-0.39, 0.29) is 11.6 Å². The summed E-state index contributed by atoms with van der Waals surface area (Å²) < 4.78 is 29.7. The zero-order valence-electron chi connectivity index (χ0n) is 21.5. The van der Waals surface area contributed by atoms with Crippen molar-refractivity contribution in [2.24, 2.45) is 21.6 Å². The molecule has 0 radical (unpaired) electrons. The molecule has 1 heterocycles. The summed E-state index contributed by atoms with van der Waals surface area (Å²) in [7, 11) is 3.28. The van der Waals surface area contributed by atoms with Crippen molar-refractivity contribution in [3.05, 3.63) is 70.8 Å². The van der Waals surface area contributed by atoms with Crippen molar-refractivity contribution >= 4 is 34.8 Å². The number of aromatic nitrogens is 2. The van der Waals surface area contributed by atoms with Gasteiger partial charge in [0.05, 0.1) is 0 Å². The van der Waals surface area contributed by atoms with Gasteiger partial charge in [-0.3, -0.25) is 10.1 Å². The number of benzene rings is 1. The maximum atomic E-state index is 14.9. The Bertz CT molecular complexity index is 1250. The summed E-state index contributed by atoms with van der Waals surface area (Å²) in [6.45, 7) is 9.78. The van der Waals surface area contributed by atoms with E-state index in [0.29, 0.717) is 33.5 Å². The second-order valence-corrected chi connectivity index (χ2v) is 9.50. The van der Waals surface area contributed by atoms with E-state index in [2.05, 4.69) is 27.1 Å². The molecule has 1 aromatic heterocycles. The fourth-order valence-electron chi connectivity index (χ4n) is 3.80. The molecule has 0 saturated heterocycles. The number of hydrogen-bond acceptors (Lipinski definition) is 6. The van der Waals surface area contributed by atoms with Gasteiger partial charge < -0.3 is 16.0 Å². The maximum absolute atomic E-state index is 14.9. The van der Waals surface area contributed by atoms with Crippen LogP contribution in [0.25, 0.3) is 0 Å². The van der Waals surface area contributed by atoms with Gasteiger partial charge in [-0.05, 0) is 63.5 Å². The molecule has 2 aromatic rings. The molecule has 1 aliphatic carbocycles. The standard InChI is InChI=1S/C26H33F2N7S/c1-14-10-23(34-33-14)32-26(24(18-8-9-18)15(2)20(13-29)16(3)30-5)31-17(4)35(6)25-21(27)11-19(36-7)12-22(25)28/h10-13,18H,2,8-9,29H2,1,3-7H3,(H2,32,33,34)/b20-13-,26-24-,30-16?,31-17+. The third-order valence-corrected chi connectivity index (χ3v) is 6.76. The number of nitrogens with two attached hydrogens (primary N) is 1. The number of H-pyrrole nitrogens is 1. The van der Waals surface area contributed by atoms with Gasteiger partial charge in [-0.2, -0.15) is 5.10 Å². The van der Waals surface area contributed by atoms with Crippen molar-refractivity contribution in [1.82, 2.24) is 10.2 Å². The molecule has 1 aromatic carbocycles. The number of aromatic amines is 1. The molecular weight excluding hydrogens is 480 g/mol. The lowest BCUT2D eigenvalue weighted by atomic mass is 9.93. The average molecular weight is 514 g/mol. The Morgan fingerprint density at radius 1 is 1.28 bits per heavy atom. The predicted molar refractivity (Wildman–Crippen MR) is 147 cm³/mol. The van der Waals surface area contributed by atoms with Crippen LogP contribution in [-0.4, -0.2) is 42.1 Å². The number of nitrogens with one attached hydrogen (secondary N) is 2. The summed E-state index contributed by atoms with van der Waals surface area (Å²) in [5, 5.41) is 10.5. The average Bonchev–Trinajstić information content (AvgIpc) is 3.58. The first-order valence-corrected chi connectivity index (χ1v) is 12.7. The number of rotatable bonds is 9. The smallest absolute Gasteiger partial charge is 0.153 e. The van der Waals surface area contributed by atoms with Crippen LogP contribution < -0.4 is 16.0 Å². The molecule has 7 nitrogen and oxygen atoms in total. The number of thioether (sulfide) groups is 1. The van der Waals surface area contributed by atoms with Crippen LogP contribution in [0.1, 0.15) is 32.4 Å². The zero-order chi connectivity index (χ0) is 26.6. The van der Waals surface area contributed by atoms with E-state index in [4.69, 9.17) is 10.7 Å². The monoisotopic (exact) mass is 513 g/mol. The van der Waals surface area contributed by atoms with E-state index < -0.39 is 11.6 Å². The van der Waals surface area contributed by atoms with Crippen LogP contribution in [0.4, 0.5) is 20.3 Å². The van der Waals surface area contributed by atoms with Gasteiger partial charge in [-0.1, -0.05) is 6.58 Å². The van der Waals surface area contributed by atoms with Gasteiger partial charge in [0.15, 0.2) is 17.5 Å². The Morgan fingerprint density at radius 3 is 2.39 bits per heavy atom. The Kier molecular flexibility index (Phi) is 8.73. The van der Waals surface area contributed by atoms with Crippen molar-refractivity contribution in [3.8, 4) is 0 Å². The number of anilines is 2. The van der Waals surface area contributed by atoms with E-state index >= 15 is 0 Å². The third-order valence-electron chi connectivity index (χ3n) is 6.06. The molecule has 0 amide bonds. The van der Waals surface area contributed by atoms with E-state index in [1.165, 1.54) is 35.0 Å². The summed E-state index contributed by atoms with van der Waals surface area (Å²) in [4.78, 5) is 11.0. The molecule has 4 N–H and O–H groups in total. The van der Waals surface area contributed by atoms with Crippen LogP contribution in [0.15, 0.2) is 68.4 Å². The third kappa shape index (κ3) is 6.04. The molecule has 0 atom stereocenters. The minimum absolute atomic E-state index is 0.174. The van der Waals surface area contributed by atoms with Gasteiger partial charge in [0, 0.05) is 53.8 Å². The number of nitrogens with zero attached hydrogens (tertiary/aromatic N) is 4. The fraction of sp³-hybridized carbons (Fsp3) is 0.346. The maximum Gasteiger partial charge on any atom is 0.153 e. The molecule has 0 bridgehead atoms. The van der Waals surface area contributed by atoms with Crippen LogP contribution in [0.2, 0.25) is 0 Å². The van der Waals surface area contributed by atoms with Crippen LogP contribution in [0.5, 0.6) is 0 Å². The quantitative estimate of drug-likeness (QED) is 0.171. The number of halogens is 2. The van der Waals surface area contributed by atoms with Crippen molar-refractivity contribution in [2.45, 2.75) is 38.5 Å². The van der Waals surface area contributed by atoms with Gasteiger partial charge in [-0.15, -0.1) is 11.8 Å².